The molecule has 6 heteroatoms. The van der Waals surface area contributed by atoms with E-state index in [2.05, 4.69) is 42.3 Å². The lowest BCUT2D eigenvalue weighted by atomic mass is 10.0. The van der Waals surface area contributed by atoms with Crippen molar-refractivity contribution in [3.05, 3.63) is 77.6 Å². The van der Waals surface area contributed by atoms with E-state index in [1.165, 1.54) is 24.2 Å². The molecule has 2 aromatic carbocycles. The minimum atomic E-state index is -0.524. The van der Waals surface area contributed by atoms with E-state index in [9.17, 15) is 9.59 Å². The Morgan fingerprint density at radius 2 is 1.90 bits per heavy atom. The van der Waals surface area contributed by atoms with Gasteiger partial charge in [0, 0.05) is 12.4 Å². The predicted molar refractivity (Wildman–Crippen MR) is 117 cm³/mol. The Morgan fingerprint density at radius 1 is 1.14 bits per heavy atom. The minimum absolute atomic E-state index is 0.0519. The molecular formula is C23H25N3O2S. The molecule has 1 atom stereocenters. The van der Waals surface area contributed by atoms with Gasteiger partial charge in [-0.2, -0.15) is 0 Å². The Labute approximate surface area is 175 Å². The number of nitrogens with zero attached hydrogens (tertiary/aromatic N) is 2. The SMILES string of the molecule is CC(=O)C(Cc1ccccc1)NC(=O)CSc1nccn1-c1ccc(C)cc1C. The number of amides is 1. The van der Waals surface area contributed by atoms with Crippen LogP contribution < -0.4 is 5.32 Å². The summed E-state index contributed by atoms with van der Waals surface area (Å²) < 4.78 is 1.99. The highest BCUT2D eigenvalue weighted by Gasteiger charge is 2.18. The number of hydrogen-bond donors (Lipinski definition) is 1. The quantitative estimate of drug-likeness (QED) is 0.575. The molecule has 0 radical (unpaired) electrons. The molecule has 0 bridgehead atoms. The van der Waals surface area contributed by atoms with E-state index in [1.54, 1.807) is 6.20 Å². The minimum Gasteiger partial charge on any atom is -0.345 e. The number of nitrogens with one attached hydrogen (secondary N) is 1. The number of imidazole rings is 1. The van der Waals surface area contributed by atoms with Crippen LogP contribution in [0.1, 0.15) is 23.6 Å². The molecule has 0 aliphatic heterocycles. The van der Waals surface area contributed by atoms with Crippen molar-refractivity contribution in [2.45, 2.75) is 38.4 Å². The molecule has 0 fully saturated rings. The topological polar surface area (TPSA) is 64.0 Å². The van der Waals surface area contributed by atoms with Crippen LogP contribution in [0.15, 0.2) is 66.1 Å². The Hall–Kier alpha value is -2.86. The van der Waals surface area contributed by atoms with Crippen LogP contribution in [0.3, 0.4) is 0 Å². The highest BCUT2D eigenvalue weighted by molar-refractivity contribution is 7.99. The zero-order chi connectivity index (χ0) is 20.8. The van der Waals surface area contributed by atoms with E-state index in [0.29, 0.717) is 6.42 Å². The van der Waals surface area contributed by atoms with Gasteiger partial charge >= 0.3 is 0 Å². The van der Waals surface area contributed by atoms with Gasteiger partial charge in [-0.25, -0.2) is 4.98 Å². The maximum absolute atomic E-state index is 12.5. The number of carbonyl (C=O) groups is 2. The van der Waals surface area contributed by atoms with Gasteiger partial charge in [-0.1, -0.05) is 59.8 Å². The van der Waals surface area contributed by atoms with Crippen LogP contribution in [0.4, 0.5) is 0 Å². The molecule has 0 spiro atoms. The third-order valence-electron chi connectivity index (χ3n) is 4.66. The van der Waals surface area contributed by atoms with E-state index in [-0.39, 0.29) is 17.4 Å². The first-order valence-corrected chi connectivity index (χ1v) is 10.5. The van der Waals surface area contributed by atoms with E-state index >= 15 is 0 Å². The van der Waals surface area contributed by atoms with Gasteiger partial charge in [-0.05, 0) is 44.4 Å². The standard InChI is InChI=1S/C23H25N3O2S/c1-16-9-10-21(17(2)13-16)26-12-11-24-23(26)29-15-22(28)25-20(18(3)27)14-19-7-5-4-6-8-19/h4-13,20H,14-15H2,1-3H3,(H,25,28). The number of thioether (sulfide) groups is 1. The van der Waals surface area contributed by atoms with Gasteiger partial charge < -0.3 is 5.32 Å². The first kappa shape index (κ1) is 20.9. The second kappa shape index (κ2) is 9.56. The molecule has 150 valence electrons. The summed E-state index contributed by atoms with van der Waals surface area (Å²) >= 11 is 1.36. The third kappa shape index (κ3) is 5.57. The fourth-order valence-electron chi connectivity index (χ4n) is 3.17. The predicted octanol–water partition coefficient (Wildman–Crippen LogP) is 3.90. The zero-order valence-electron chi connectivity index (χ0n) is 16.9. The molecule has 0 aliphatic rings. The van der Waals surface area contributed by atoms with Crippen LogP contribution >= 0.6 is 11.8 Å². The van der Waals surface area contributed by atoms with Gasteiger partial charge in [0.25, 0.3) is 0 Å². The largest absolute Gasteiger partial charge is 0.345 e. The Bertz CT molecular complexity index is 998. The Morgan fingerprint density at radius 3 is 2.59 bits per heavy atom. The molecule has 0 saturated heterocycles. The average molecular weight is 408 g/mol. The second-order valence-corrected chi connectivity index (χ2v) is 8.02. The monoisotopic (exact) mass is 407 g/mol. The van der Waals surface area contributed by atoms with Crippen LogP contribution in [0.5, 0.6) is 0 Å². The maximum Gasteiger partial charge on any atom is 0.231 e. The summed E-state index contributed by atoms with van der Waals surface area (Å²) in [6, 6.07) is 15.4. The molecule has 1 aromatic heterocycles. The summed E-state index contributed by atoms with van der Waals surface area (Å²) in [6.07, 6.45) is 4.11. The Kier molecular flexibility index (Phi) is 6.88. The van der Waals surface area contributed by atoms with Gasteiger partial charge in [-0.15, -0.1) is 0 Å². The smallest absolute Gasteiger partial charge is 0.231 e. The van der Waals surface area contributed by atoms with Crippen LogP contribution in [-0.2, 0) is 16.0 Å². The number of hydrogen-bond acceptors (Lipinski definition) is 4. The van der Waals surface area contributed by atoms with Crippen molar-refractivity contribution in [1.29, 1.82) is 0 Å². The first-order chi connectivity index (χ1) is 13.9. The summed E-state index contributed by atoms with van der Waals surface area (Å²) in [5.74, 6) is -0.0363. The Balaban J connectivity index is 1.63. The lowest BCUT2D eigenvalue weighted by Crippen LogP contribution is -2.42. The number of benzene rings is 2. The van der Waals surface area contributed by atoms with E-state index in [0.717, 1.165) is 22.0 Å². The van der Waals surface area contributed by atoms with Gasteiger partial charge in [0.15, 0.2) is 10.9 Å². The lowest BCUT2D eigenvalue weighted by molar-refractivity contribution is -0.125. The lowest BCUT2D eigenvalue weighted by Gasteiger charge is -2.16. The van der Waals surface area contributed by atoms with E-state index < -0.39 is 6.04 Å². The van der Waals surface area contributed by atoms with Crippen molar-refractivity contribution in [3.63, 3.8) is 0 Å². The van der Waals surface area contributed by atoms with Gasteiger partial charge in [0.2, 0.25) is 5.91 Å². The molecule has 1 unspecified atom stereocenters. The highest BCUT2D eigenvalue weighted by atomic mass is 32.2. The second-order valence-electron chi connectivity index (χ2n) is 7.08. The summed E-state index contributed by atoms with van der Waals surface area (Å²) in [5.41, 5.74) is 4.41. The molecule has 1 amide bonds. The van der Waals surface area contributed by atoms with Crippen molar-refractivity contribution in [2.24, 2.45) is 0 Å². The average Bonchev–Trinajstić information content (AvgIpc) is 3.15. The molecular weight excluding hydrogens is 382 g/mol. The zero-order valence-corrected chi connectivity index (χ0v) is 17.7. The summed E-state index contributed by atoms with van der Waals surface area (Å²) in [7, 11) is 0. The van der Waals surface area contributed by atoms with Crippen molar-refractivity contribution in [3.8, 4) is 5.69 Å². The number of aromatic nitrogens is 2. The molecule has 0 aliphatic carbocycles. The van der Waals surface area contributed by atoms with Crippen molar-refractivity contribution in [2.75, 3.05) is 5.75 Å². The molecule has 0 saturated carbocycles. The van der Waals surface area contributed by atoms with Crippen molar-refractivity contribution < 1.29 is 9.59 Å². The summed E-state index contributed by atoms with van der Waals surface area (Å²) in [4.78, 5) is 28.9. The van der Waals surface area contributed by atoms with Gasteiger partial charge in [0.1, 0.15) is 0 Å². The number of ketones is 1. The summed E-state index contributed by atoms with van der Waals surface area (Å²) in [5, 5.41) is 3.60. The fraction of sp³-hybridized carbons (Fsp3) is 0.261. The van der Waals surface area contributed by atoms with Crippen LogP contribution in [0.25, 0.3) is 5.69 Å². The fourth-order valence-corrected chi connectivity index (χ4v) is 3.95. The van der Waals surface area contributed by atoms with Gasteiger partial charge in [0.05, 0.1) is 17.5 Å². The number of carbonyl (C=O) groups excluding carboxylic acids is 2. The molecule has 29 heavy (non-hydrogen) atoms. The van der Waals surface area contributed by atoms with E-state index in [1.807, 2.05) is 41.1 Å². The third-order valence-corrected chi connectivity index (χ3v) is 5.63. The molecule has 5 nitrogen and oxygen atoms in total. The molecule has 3 rings (SSSR count). The molecule has 1 heterocycles. The highest BCUT2D eigenvalue weighted by Crippen LogP contribution is 2.23. The summed E-state index contributed by atoms with van der Waals surface area (Å²) in [6.45, 7) is 5.63. The molecule has 3 aromatic rings. The molecule has 1 N–H and O–H groups in total. The number of Topliss-reactive ketones (excluding diaryl/α,β-unsaturated/α-hetero) is 1. The van der Waals surface area contributed by atoms with Crippen LogP contribution in [-0.4, -0.2) is 33.0 Å². The number of aryl methyl sites for hydroxylation is 2. The first-order valence-electron chi connectivity index (χ1n) is 9.51. The van der Waals surface area contributed by atoms with Crippen molar-refractivity contribution >= 4 is 23.5 Å². The van der Waals surface area contributed by atoms with E-state index in [4.69, 9.17) is 0 Å². The van der Waals surface area contributed by atoms with Crippen LogP contribution in [0, 0.1) is 13.8 Å². The van der Waals surface area contributed by atoms with Crippen molar-refractivity contribution in [1.82, 2.24) is 14.9 Å². The van der Waals surface area contributed by atoms with Gasteiger partial charge in [-0.3, -0.25) is 14.2 Å². The maximum atomic E-state index is 12.5. The van der Waals surface area contributed by atoms with Crippen LogP contribution in [0.2, 0.25) is 0 Å². The number of rotatable bonds is 8. The normalized spacial score (nSPS) is 11.8.